The van der Waals surface area contributed by atoms with Crippen LogP contribution in [-0.2, 0) is 16.0 Å². The summed E-state index contributed by atoms with van der Waals surface area (Å²) in [5.74, 6) is -0.626. The van der Waals surface area contributed by atoms with Gasteiger partial charge in [-0.25, -0.2) is 4.79 Å². The number of phenols is 1. The molecule has 0 bridgehead atoms. The van der Waals surface area contributed by atoms with Gasteiger partial charge in [-0.2, -0.15) is 0 Å². The Kier molecular flexibility index (Phi) is 3.68. The van der Waals surface area contributed by atoms with E-state index in [0.717, 1.165) is 5.56 Å². The Morgan fingerprint density at radius 1 is 1.53 bits per heavy atom. The lowest BCUT2D eigenvalue weighted by molar-refractivity contribution is -0.150. The Hall–Kier alpha value is -1.55. The molecule has 4 nitrogen and oxygen atoms in total. The van der Waals surface area contributed by atoms with Crippen molar-refractivity contribution in [3.8, 4) is 5.75 Å². The number of aryl methyl sites for hydroxylation is 1. The number of phenolic OH excluding ortho intramolecular Hbond substituents is 1. The van der Waals surface area contributed by atoms with Crippen LogP contribution in [0.15, 0.2) is 18.2 Å². The Morgan fingerprint density at radius 2 is 2.20 bits per heavy atom. The molecule has 0 radical (unpaired) electrons. The van der Waals surface area contributed by atoms with Crippen LogP contribution in [0.25, 0.3) is 0 Å². The monoisotopic (exact) mass is 210 g/mol. The molecular weight excluding hydrogens is 196 g/mol. The van der Waals surface area contributed by atoms with Crippen molar-refractivity contribution in [2.24, 2.45) is 0 Å². The molecule has 1 atom stereocenters. The van der Waals surface area contributed by atoms with Crippen molar-refractivity contribution in [3.05, 3.63) is 29.3 Å². The molecule has 2 N–H and O–H groups in total. The zero-order valence-electron chi connectivity index (χ0n) is 8.73. The van der Waals surface area contributed by atoms with Gasteiger partial charge in [0, 0.05) is 6.42 Å². The normalized spacial score (nSPS) is 12.2. The zero-order chi connectivity index (χ0) is 11.4. The van der Waals surface area contributed by atoms with Crippen molar-refractivity contribution < 1.29 is 19.7 Å². The average Bonchev–Trinajstić information content (AvgIpc) is 2.22. The second-order valence-corrected chi connectivity index (χ2v) is 3.38. The molecule has 1 unspecified atom stereocenters. The lowest BCUT2D eigenvalue weighted by Gasteiger charge is -2.10. The molecule has 0 aromatic heterocycles. The van der Waals surface area contributed by atoms with Crippen LogP contribution in [0.4, 0.5) is 0 Å². The quantitative estimate of drug-likeness (QED) is 0.723. The Bertz CT molecular complexity index is 360. The van der Waals surface area contributed by atoms with Gasteiger partial charge < -0.3 is 14.9 Å². The highest BCUT2D eigenvalue weighted by atomic mass is 16.5. The van der Waals surface area contributed by atoms with Crippen LogP contribution in [0.3, 0.4) is 0 Å². The summed E-state index contributed by atoms with van der Waals surface area (Å²) in [7, 11) is 1.21. The van der Waals surface area contributed by atoms with E-state index in [1.807, 2.05) is 6.92 Å². The lowest BCUT2D eigenvalue weighted by Crippen LogP contribution is -2.24. The molecule has 82 valence electrons. The molecule has 0 aliphatic heterocycles. The smallest absolute Gasteiger partial charge is 0.335 e. The highest BCUT2D eigenvalue weighted by Gasteiger charge is 2.17. The first-order valence-corrected chi connectivity index (χ1v) is 4.59. The first-order valence-electron chi connectivity index (χ1n) is 4.59. The van der Waals surface area contributed by atoms with E-state index < -0.39 is 12.1 Å². The SMILES string of the molecule is COC(=O)C(O)Cc1cc(C)ccc1O. The van der Waals surface area contributed by atoms with Gasteiger partial charge >= 0.3 is 5.97 Å². The molecule has 4 heteroatoms. The number of aromatic hydroxyl groups is 1. The number of hydrogen-bond acceptors (Lipinski definition) is 4. The van der Waals surface area contributed by atoms with Crippen molar-refractivity contribution in [2.45, 2.75) is 19.4 Å². The van der Waals surface area contributed by atoms with Gasteiger partial charge in [-0.15, -0.1) is 0 Å². The summed E-state index contributed by atoms with van der Waals surface area (Å²) in [5, 5.41) is 18.9. The van der Waals surface area contributed by atoms with E-state index >= 15 is 0 Å². The Labute approximate surface area is 88.1 Å². The largest absolute Gasteiger partial charge is 0.508 e. The van der Waals surface area contributed by atoms with E-state index in [1.165, 1.54) is 13.2 Å². The number of rotatable bonds is 3. The number of carbonyl (C=O) groups excluding carboxylic acids is 1. The van der Waals surface area contributed by atoms with Crippen LogP contribution in [0.5, 0.6) is 5.75 Å². The van der Waals surface area contributed by atoms with Crippen molar-refractivity contribution in [3.63, 3.8) is 0 Å². The molecular formula is C11H14O4. The number of esters is 1. The zero-order valence-corrected chi connectivity index (χ0v) is 8.73. The van der Waals surface area contributed by atoms with Crippen LogP contribution in [0.2, 0.25) is 0 Å². The van der Waals surface area contributed by atoms with Crippen LogP contribution in [-0.4, -0.2) is 29.4 Å². The van der Waals surface area contributed by atoms with Crippen LogP contribution >= 0.6 is 0 Å². The molecule has 0 fully saturated rings. The number of benzene rings is 1. The molecule has 0 amide bonds. The highest BCUT2D eigenvalue weighted by molar-refractivity contribution is 5.74. The number of aliphatic hydroxyl groups excluding tert-OH is 1. The Balaban J connectivity index is 2.80. The molecule has 1 rings (SSSR count). The second kappa shape index (κ2) is 4.79. The minimum atomic E-state index is -1.23. The fraction of sp³-hybridized carbons (Fsp3) is 0.364. The minimum absolute atomic E-state index is 0.0557. The molecule has 15 heavy (non-hydrogen) atoms. The summed E-state index contributed by atoms with van der Waals surface area (Å²) in [4.78, 5) is 11.0. The fourth-order valence-electron chi connectivity index (χ4n) is 1.31. The number of carbonyl (C=O) groups is 1. The summed E-state index contributed by atoms with van der Waals surface area (Å²) < 4.78 is 4.38. The van der Waals surface area contributed by atoms with Gasteiger partial charge in [0.1, 0.15) is 5.75 Å². The van der Waals surface area contributed by atoms with Crippen molar-refractivity contribution in [1.82, 2.24) is 0 Å². The van der Waals surface area contributed by atoms with Gasteiger partial charge in [0.15, 0.2) is 6.10 Å². The number of aliphatic hydroxyl groups is 1. The standard InChI is InChI=1S/C11H14O4/c1-7-3-4-9(12)8(5-7)6-10(13)11(14)15-2/h3-5,10,12-13H,6H2,1-2H3. The summed E-state index contributed by atoms with van der Waals surface area (Å²) in [6.07, 6.45) is -1.18. The average molecular weight is 210 g/mol. The highest BCUT2D eigenvalue weighted by Crippen LogP contribution is 2.19. The fourth-order valence-corrected chi connectivity index (χ4v) is 1.31. The van der Waals surface area contributed by atoms with Gasteiger partial charge in [0.25, 0.3) is 0 Å². The summed E-state index contributed by atoms with van der Waals surface area (Å²) in [5.41, 5.74) is 1.49. The Morgan fingerprint density at radius 3 is 2.80 bits per heavy atom. The van der Waals surface area contributed by atoms with Gasteiger partial charge in [0.05, 0.1) is 7.11 Å². The minimum Gasteiger partial charge on any atom is -0.508 e. The van der Waals surface area contributed by atoms with E-state index in [2.05, 4.69) is 4.74 Å². The molecule has 0 aliphatic carbocycles. The molecule has 1 aromatic carbocycles. The first kappa shape index (κ1) is 11.5. The molecule has 0 spiro atoms. The second-order valence-electron chi connectivity index (χ2n) is 3.38. The lowest BCUT2D eigenvalue weighted by atomic mass is 10.0. The number of methoxy groups -OCH3 is 1. The van der Waals surface area contributed by atoms with Gasteiger partial charge in [-0.05, 0) is 18.6 Å². The third-order valence-corrected chi connectivity index (χ3v) is 2.12. The topological polar surface area (TPSA) is 66.8 Å². The predicted molar refractivity (Wildman–Crippen MR) is 54.6 cm³/mol. The predicted octanol–water partition coefficient (Wildman–Crippen LogP) is 0.777. The van der Waals surface area contributed by atoms with Crippen molar-refractivity contribution in [1.29, 1.82) is 0 Å². The maximum atomic E-state index is 11.0. The summed E-state index contributed by atoms with van der Waals surface area (Å²) in [6, 6.07) is 5.01. The first-order chi connectivity index (χ1) is 7.04. The number of ether oxygens (including phenoxy) is 1. The maximum Gasteiger partial charge on any atom is 0.335 e. The van der Waals surface area contributed by atoms with Gasteiger partial charge in [-0.1, -0.05) is 17.7 Å². The summed E-state index contributed by atoms with van der Waals surface area (Å²) >= 11 is 0. The molecule has 0 heterocycles. The van der Waals surface area contributed by atoms with E-state index in [-0.39, 0.29) is 12.2 Å². The number of hydrogen-bond donors (Lipinski definition) is 2. The van der Waals surface area contributed by atoms with E-state index in [9.17, 15) is 15.0 Å². The van der Waals surface area contributed by atoms with Crippen LogP contribution in [0, 0.1) is 6.92 Å². The summed E-state index contributed by atoms with van der Waals surface area (Å²) in [6.45, 7) is 1.87. The van der Waals surface area contributed by atoms with Crippen molar-refractivity contribution in [2.75, 3.05) is 7.11 Å². The van der Waals surface area contributed by atoms with Gasteiger partial charge in [0.2, 0.25) is 0 Å². The van der Waals surface area contributed by atoms with Crippen molar-refractivity contribution >= 4 is 5.97 Å². The van der Waals surface area contributed by atoms with Crippen LogP contribution in [0.1, 0.15) is 11.1 Å². The van der Waals surface area contributed by atoms with E-state index in [4.69, 9.17) is 0 Å². The molecule has 0 saturated heterocycles. The van der Waals surface area contributed by atoms with E-state index in [0.29, 0.717) is 5.56 Å². The van der Waals surface area contributed by atoms with Crippen LogP contribution < -0.4 is 0 Å². The molecule has 1 aromatic rings. The third-order valence-electron chi connectivity index (χ3n) is 2.12. The third kappa shape index (κ3) is 2.95. The molecule has 0 saturated carbocycles. The van der Waals surface area contributed by atoms with Gasteiger partial charge in [-0.3, -0.25) is 0 Å². The van der Waals surface area contributed by atoms with E-state index in [1.54, 1.807) is 12.1 Å². The maximum absolute atomic E-state index is 11.0. The molecule has 0 aliphatic rings.